The van der Waals surface area contributed by atoms with Crippen molar-refractivity contribution in [2.45, 2.75) is 33.8 Å². The molecule has 1 aromatic heterocycles. The lowest BCUT2D eigenvalue weighted by atomic mass is 10.2. The van der Waals surface area contributed by atoms with Gasteiger partial charge < -0.3 is 19.8 Å². The Bertz CT molecular complexity index is 400. The van der Waals surface area contributed by atoms with Crippen molar-refractivity contribution in [1.29, 1.82) is 0 Å². The van der Waals surface area contributed by atoms with Crippen molar-refractivity contribution in [3.05, 3.63) is 17.0 Å². The van der Waals surface area contributed by atoms with E-state index in [4.69, 9.17) is 9.63 Å². The van der Waals surface area contributed by atoms with Crippen LogP contribution in [0.25, 0.3) is 0 Å². The van der Waals surface area contributed by atoms with E-state index in [0.29, 0.717) is 17.9 Å². The van der Waals surface area contributed by atoms with E-state index < -0.39 is 0 Å². The van der Waals surface area contributed by atoms with Crippen LogP contribution in [0, 0.1) is 6.92 Å². The van der Waals surface area contributed by atoms with Gasteiger partial charge in [-0.25, -0.2) is 0 Å². The van der Waals surface area contributed by atoms with Crippen molar-refractivity contribution in [1.82, 2.24) is 15.4 Å². The maximum atomic E-state index is 11.8. The van der Waals surface area contributed by atoms with E-state index in [1.165, 1.54) is 0 Å². The Morgan fingerprint density at radius 3 is 2.63 bits per heavy atom. The number of carbonyl (C=O) groups excluding carboxylic acids is 1. The van der Waals surface area contributed by atoms with Gasteiger partial charge in [0.15, 0.2) is 11.5 Å². The number of carbonyl (C=O) groups is 1. The molecule has 1 rings (SSSR count). The number of nitrogens with zero attached hydrogens (tertiary/aromatic N) is 2. The van der Waals surface area contributed by atoms with Gasteiger partial charge in [-0.3, -0.25) is 4.79 Å². The molecule has 0 radical (unpaired) electrons. The predicted molar refractivity (Wildman–Crippen MR) is 71.9 cm³/mol. The van der Waals surface area contributed by atoms with Crippen molar-refractivity contribution < 1.29 is 14.4 Å². The van der Waals surface area contributed by atoms with E-state index in [-0.39, 0.29) is 18.2 Å². The third-order valence-corrected chi connectivity index (χ3v) is 3.21. The molecule has 1 heterocycles. The molecule has 1 aromatic rings. The van der Waals surface area contributed by atoms with Gasteiger partial charge in [-0.05, 0) is 33.0 Å². The number of hydrogen-bond donors (Lipinski definition) is 2. The first-order valence-electron chi connectivity index (χ1n) is 6.70. The van der Waals surface area contributed by atoms with E-state index in [9.17, 15) is 4.79 Å². The minimum atomic E-state index is -0.250. The van der Waals surface area contributed by atoms with Gasteiger partial charge in [-0.2, -0.15) is 0 Å². The van der Waals surface area contributed by atoms with E-state index >= 15 is 0 Å². The van der Waals surface area contributed by atoms with Crippen molar-refractivity contribution in [3.8, 4) is 0 Å². The van der Waals surface area contributed by atoms with Gasteiger partial charge in [0, 0.05) is 12.1 Å². The third kappa shape index (κ3) is 4.33. The summed E-state index contributed by atoms with van der Waals surface area (Å²) in [6.07, 6.45) is 0.900. The van der Waals surface area contributed by atoms with E-state index in [2.05, 4.69) is 29.2 Å². The molecule has 0 aliphatic heterocycles. The first kappa shape index (κ1) is 15.7. The van der Waals surface area contributed by atoms with E-state index in [0.717, 1.165) is 26.1 Å². The molecule has 0 atom stereocenters. The Balaban J connectivity index is 2.37. The van der Waals surface area contributed by atoms with Crippen LogP contribution in [0.4, 0.5) is 0 Å². The number of aromatic nitrogens is 1. The summed E-state index contributed by atoms with van der Waals surface area (Å²) in [6, 6.07) is 0. The highest BCUT2D eigenvalue weighted by Crippen LogP contribution is 2.12. The molecule has 19 heavy (non-hydrogen) atoms. The zero-order valence-corrected chi connectivity index (χ0v) is 11.9. The SMILES string of the molecule is CCN(CC)CCCNC(=O)c1noc(CO)c1C. The summed E-state index contributed by atoms with van der Waals surface area (Å²) < 4.78 is 4.88. The van der Waals surface area contributed by atoms with Crippen LogP contribution in [0.15, 0.2) is 4.52 Å². The summed E-state index contributed by atoms with van der Waals surface area (Å²) in [5.74, 6) is 0.0915. The number of aliphatic hydroxyl groups is 1. The fourth-order valence-electron chi connectivity index (χ4n) is 1.86. The Labute approximate surface area is 113 Å². The van der Waals surface area contributed by atoms with Gasteiger partial charge in [0.2, 0.25) is 0 Å². The maximum absolute atomic E-state index is 11.8. The predicted octanol–water partition coefficient (Wildman–Crippen LogP) is 0.937. The second kappa shape index (κ2) is 7.91. The van der Waals surface area contributed by atoms with Crippen LogP contribution in [0.5, 0.6) is 0 Å². The Morgan fingerprint density at radius 2 is 2.11 bits per heavy atom. The molecule has 0 spiro atoms. The van der Waals surface area contributed by atoms with Crippen LogP contribution in [0.2, 0.25) is 0 Å². The van der Waals surface area contributed by atoms with Gasteiger partial charge in [0.25, 0.3) is 5.91 Å². The summed E-state index contributed by atoms with van der Waals surface area (Å²) in [5, 5.41) is 15.5. The van der Waals surface area contributed by atoms with E-state index in [1.807, 2.05) is 0 Å². The number of rotatable bonds is 8. The summed E-state index contributed by atoms with van der Waals surface area (Å²) in [6.45, 7) is 9.33. The fraction of sp³-hybridized carbons (Fsp3) is 0.692. The lowest BCUT2D eigenvalue weighted by Crippen LogP contribution is -2.30. The molecular formula is C13H23N3O3. The average Bonchev–Trinajstić information content (AvgIpc) is 2.80. The molecule has 0 saturated carbocycles. The topological polar surface area (TPSA) is 78.6 Å². The van der Waals surface area contributed by atoms with Crippen LogP contribution >= 0.6 is 0 Å². The largest absolute Gasteiger partial charge is 0.388 e. The highest BCUT2D eigenvalue weighted by atomic mass is 16.5. The molecule has 6 heteroatoms. The molecular weight excluding hydrogens is 246 g/mol. The zero-order valence-electron chi connectivity index (χ0n) is 11.9. The van der Waals surface area contributed by atoms with Crippen LogP contribution < -0.4 is 5.32 Å². The van der Waals surface area contributed by atoms with Crippen molar-refractivity contribution >= 4 is 5.91 Å². The molecule has 0 fully saturated rings. The standard InChI is InChI=1S/C13H23N3O3/c1-4-16(5-2)8-6-7-14-13(18)12-10(3)11(9-17)19-15-12/h17H,4-9H2,1-3H3,(H,14,18). The Hall–Kier alpha value is -1.40. The molecule has 0 aromatic carbocycles. The number of nitrogens with one attached hydrogen (secondary N) is 1. The maximum Gasteiger partial charge on any atom is 0.273 e. The van der Waals surface area contributed by atoms with Crippen molar-refractivity contribution in [3.63, 3.8) is 0 Å². The minimum Gasteiger partial charge on any atom is -0.388 e. The highest BCUT2D eigenvalue weighted by molar-refractivity contribution is 5.93. The van der Waals surface area contributed by atoms with E-state index in [1.54, 1.807) is 6.92 Å². The van der Waals surface area contributed by atoms with Gasteiger partial charge in [-0.1, -0.05) is 19.0 Å². The number of aliphatic hydroxyl groups excluding tert-OH is 1. The van der Waals surface area contributed by atoms with Crippen molar-refractivity contribution in [2.75, 3.05) is 26.2 Å². The lowest BCUT2D eigenvalue weighted by Gasteiger charge is -2.17. The molecule has 0 aliphatic rings. The smallest absolute Gasteiger partial charge is 0.273 e. The summed E-state index contributed by atoms with van der Waals surface area (Å²) >= 11 is 0. The van der Waals surface area contributed by atoms with Crippen LogP contribution in [-0.2, 0) is 6.61 Å². The second-order valence-corrected chi connectivity index (χ2v) is 4.37. The molecule has 6 nitrogen and oxygen atoms in total. The van der Waals surface area contributed by atoms with Crippen LogP contribution in [0.1, 0.15) is 42.1 Å². The van der Waals surface area contributed by atoms with Crippen molar-refractivity contribution in [2.24, 2.45) is 0 Å². The average molecular weight is 269 g/mol. The monoisotopic (exact) mass is 269 g/mol. The minimum absolute atomic E-state index is 0.242. The Kier molecular flexibility index (Phi) is 6.52. The molecule has 108 valence electrons. The van der Waals surface area contributed by atoms with Gasteiger partial charge in [0.05, 0.1) is 0 Å². The fourth-order valence-corrected chi connectivity index (χ4v) is 1.86. The number of hydrogen-bond acceptors (Lipinski definition) is 5. The highest BCUT2D eigenvalue weighted by Gasteiger charge is 2.17. The summed E-state index contributed by atoms with van der Waals surface area (Å²) in [5.41, 5.74) is 0.857. The molecule has 1 amide bonds. The van der Waals surface area contributed by atoms with Crippen LogP contribution in [0.3, 0.4) is 0 Å². The number of amides is 1. The summed E-state index contributed by atoms with van der Waals surface area (Å²) in [4.78, 5) is 14.2. The quantitative estimate of drug-likeness (QED) is 0.687. The molecule has 0 saturated heterocycles. The van der Waals surface area contributed by atoms with Gasteiger partial charge >= 0.3 is 0 Å². The molecule has 2 N–H and O–H groups in total. The molecule has 0 aliphatic carbocycles. The first-order chi connectivity index (χ1) is 9.13. The first-order valence-corrected chi connectivity index (χ1v) is 6.70. The Morgan fingerprint density at radius 1 is 1.42 bits per heavy atom. The third-order valence-electron chi connectivity index (χ3n) is 3.21. The normalized spacial score (nSPS) is 11.0. The van der Waals surface area contributed by atoms with Gasteiger partial charge in [-0.15, -0.1) is 0 Å². The van der Waals surface area contributed by atoms with Crippen LogP contribution in [-0.4, -0.2) is 47.2 Å². The summed E-state index contributed by atoms with van der Waals surface area (Å²) in [7, 11) is 0. The van der Waals surface area contributed by atoms with Gasteiger partial charge in [0.1, 0.15) is 6.61 Å². The zero-order chi connectivity index (χ0) is 14.3. The second-order valence-electron chi connectivity index (χ2n) is 4.37. The molecule has 0 bridgehead atoms. The lowest BCUT2D eigenvalue weighted by molar-refractivity contribution is 0.0942. The molecule has 0 unspecified atom stereocenters.